The Labute approximate surface area is 168 Å². The molecule has 0 aliphatic carbocycles. The third kappa shape index (κ3) is 3.55. The van der Waals surface area contributed by atoms with Gasteiger partial charge in [-0.15, -0.1) is 5.10 Å². The third-order valence-electron chi connectivity index (χ3n) is 4.36. The van der Waals surface area contributed by atoms with Crippen LogP contribution in [0.5, 0.6) is 0 Å². The quantitative estimate of drug-likeness (QED) is 0.463. The van der Waals surface area contributed by atoms with Crippen LogP contribution in [-0.4, -0.2) is 29.1 Å². The molecule has 0 aliphatic heterocycles. The van der Waals surface area contributed by atoms with Gasteiger partial charge in [-0.2, -0.15) is 9.36 Å². The number of nitrogens with zero attached hydrogens (tertiary/aromatic N) is 7. The van der Waals surface area contributed by atoms with Gasteiger partial charge in [-0.25, -0.2) is 9.78 Å². The van der Waals surface area contributed by atoms with E-state index in [0.29, 0.717) is 18.0 Å². The van der Waals surface area contributed by atoms with Crippen LogP contribution in [0.1, 0.15) is 11.5 Å². The Bertz CT molecular complexity index is 1360. The van der Waals surface area contributed by atoms with Gasteiger partial charge in [0.05, 0.1) is 12.9 Å². The third-order valence-corrected chi connectivity index (χ3v) is 4.61. The van der Waals surface area contributed by atoms with Crippen molar-refractivity contribution in [1.29, 1.82) is 0 Å². The lowest BCUT2D eigenvalue weighted by Gasteiger charge is -2.00. The van der Waals surface area contributed by atoms with Crippen molar-refractivity contribution in [2.75, 3.05) is 0 Å². The van der Waals surface area contributed by atoms with E-state index >= 15 is 0 Å². The van der Waals surface area contributed by atoms with Crippen molar-refractivity contribution in [2.45, 2.75) is 19.5 Å². The minimum Gasteiger partial charge on any atom is -0.390 e. The molecular weight excluding hydrogens is 398 g/mol. The van der Waals surface area contributed by atoms with Crippen molar-refractivity contribution in [3.63, 3.8) is 0 Å². The molecule has 0 saturated heterocycles. The molecule has 29 heavy (non-hydrogen) atoms. The van der Waals surface area contributed by atoms with Crippen molar-refractivity contribution in [1.82, 2.24) is 29.1 Å². The number of hydrogen-bond donors (Lipinski definition) is 0. The summed E-state index contributed by atoms with van der Waals surface area (Å²) in [4.78, 5) is 32.0. The second-order valence-electron chi connectivity index (χ2n) is 6.31. The topological polar surface area (TPSA) is 105 Å². The van der Waals surface area contributed by atoms with Crippen LogP contribution >= 0.6 is 11.6 Å². The highest BCUT2D eigenvalue weighted by atomic mass is 35.5. The summed E-state index contributed by atoms with van der Waals surface area (Å²) in [5, 5.41) is 8.92. The Hall–Kier alpha value is -3.71. The highest BCUT2D eigenvalue weighted by Crippen LogP contribution is 2.20. The van der Waals surface area contributed by atoms with Crippen molar-refractivity contribution >= 4 is 28.5 Å². The first-order valence-electron chi connectivity index (χ1n) is 8.57. The van der Waals surface area contributed by atoms with Crippen molar-refractivity contribution in [2.24, 2.45) is 7.05 Å². The van der Waals surface area contributed by atoms with E-state index in [9.17, 15) is 9.59 Å². The number of halogens is 1. The average molecular weight is 412 g/mol. The van der Waals surface area contributed by atoms with E-state index in [2.05, 4.69) is 20.0 Å². The highest BCUT2D eigenvalue weighted by molar-refractivity contribution is 6.30. The normalized spacial score (nSPS) is 11.1. The summed E-state index contributed by atoms with van der Waals surface area (Å²) in [6, 6.07) is 7.30. The maximum Gasteiger partial charge on any atom is 0.437 e. The molecule has 0 N–H and O–H groups in total. The summed E-state index contributed by atoms with van der Waals surface area (Å²) >= 11 is 5.87. The molecule has 0 amide bonds. The van der Waals surface area contributed by atoms with Gasteiger partial charge in [0.2, 0.25) is 5.89 Å². The predicted molar refractivity (Wildman–Crippen MR) is 104 cm³/mol. The van der Waals surface area contributed by atoms with Crippen molar-refractivity contribution in [3.05, 3.63) is 79.4 Å². The summed E-state index contributed by atoms with van der Waals surface area (Å²) in [5.41, 5.74) is 0.995. The molecule has 1 aromatic carbocycles. The number of hydrogen-bond acceptors (Lipinski definition) is 6. The number of benzene rings is 1. The second-order valence-corrected chi connectivity index (χ2v) is 6.75. The molecule has 11 heteroatoms. The fourth-order valence-corrected chi connectivity index (χ4v) is 3.02. The molecule has 146 valence electrons. The van der Waals surface area contributed by atoms with E-state index in [4.69, 9.17) is 22.6 Å². The zero-order valence-electron chi connectivity index (χ0n) is 15.2. The summed E-state index contributed by atoms with van der Waals surface area (Å²) in [6.45, 7) is 7.48. The van der Waals surface area contributed by atoms with E-state index < -0.39 is 5.76 Å². The summed E-state index contributed by atoms with van der Waals surface area (Å²) < 4.78 is 8.98. The maximum absolute atomic E-state index is 12.5. The molecule has 0 aliphatic rings. The van der Waals surface area contributed by atoms with Gasteiger partial charge < -0.3 is 13.8 Å². The molecule has 4 rings (SSSR count). The summed E-state index contributed by atoms with van der Waals surface area (Å²) in [5.74, 6) is -0.526. The van der Waals surface area contributed by atoms with Gasteiger partial charge in [-0.05, 0) is 29.2 Å². The second kappa shape index (κ2) is 7.37. The van der Waals surface area contributed by atoms with Crippen LogP contribution in [0.25, 0.3) is 15.9 Å². The molecule has 3 heterocycles. The van der Waals surface area contributed by atoms with Gasteiger partial charge in [0.25, 0.3) is 5.56 Å². The van der Waals surface area contributed by atoms with Crippen LogP contribution < -0.4 is 11.3 Å². The number of rotatable bonds is 5. The van der Waals surface area contributed by atoms with E-state index in [1.54, 1.807) is 19.2 Å². The summed E-state index contributed by atoms with van der Waals surface area (Å²) in [7, 11) is 1.55. The van der Waals surface area contributed by atoms with E-state index in [1.165, 1.54) is 20.3 Å². The lowest BCUT2D eigenvalue weighted by atomic mass is 10.1. The van der Waals surface area contributed by atoms with Crippen molar-refractivity contribution in [3.8, 4) is 0 Å². The summed E-state index contributed by atoms with van der Waals surface area (Å²) in [6.07, 6.45) is 1.90. The lowest BCUT2D eigenvalue weighted by molar-refractivity contribution is 0.432. The van der Waals surface area contributed by atoms with Crippen LogP contribution in [0.3, 0.4) is 0 Å². The first-order chi connectivity index (χ1) is 14.0. The number of aryl methyl sites for hydroxylation is 3. The Morgan fingerprint density at radius 3 is 2.66 bits per heavy atom. The van der Waals surface area contributed by atoms with E-state index in [-0.39, 0.29) is 34.8 Å². The van der Waals surface area contributed by atoms with Crippen LogP contribution in [0.2, 0.25) is 5.02 Å². The van der Waals surface area contributed by atoms with Gasteiger partial charge in [0, 0.05) is 12.1 Å². The first-order valence-corrected chi connectivity index (χ1v) is 8.95. The minimum absolute atomic E-state index is 0.00205. The molecule has 0 atom stereocenters. The smallest absolute Gasteiger partial charge is 0.390 e. The Morgan fingerprint density at radius 2 is 1.93 bits per heavy atom. The first kappa shape index (κ1) is 18.6. The molecule has 0 radical (unpaired) electrons. The molecule has 3 aromatic heterocycles. The standard InChI is InChI=1S/C18H14ClN7O3/c1-20-16-14-15(17(27)24(2)10-21-14)26(23-16)9-13-22-25(18(28)29-13)8-7-11-3-5-12(19)6-4-11/h3-6,10H,7-9H2,2H3. The zero-order chi connectivity index (χ0) is 20.5. The van der Waals surface area contributed by atoms with Gasteiger partial charge in [0.15, 0.2) is 5.52 Å². The van der Waals surface area contributed by atoms with Crippen LogP contribution in [0.4, 0.5) is 5.82 Å². The number of fused-ring (bicyclic) bond motifs is 1. The molecule has 0 unspecified atom stereocenters. The van der Waals surface area contributed by atoms with Gasteiger partial charge in [-0.1, -0.05) is 30.3 Å². The van der Waals surface area contributed by atoms with Crippen LogP contribution in [-0.2, 0) is 26.6 Å². The SMILES string of the molecule is [C-]#[N+]c1nn(Cc2nn(CCc3ccc(Cl)cc3)c(=O)o2)c2c(=O)n(C)cnc12. The fraction of sp³-hybridized carbons (Fsp3) is 0.222. The van der Waals surface area contributed by atoms with Gasteiger partial charge in [0.1, 0.15) is 12.1 Å². The Kier molecular flexibility index (Phi) is 4.74. The lowest BCUT2D eigenvalue weighted by Crippen LogP contribution is -2.20. The van der Waals surface area contributed by atoms with E-state index in [1.807, 2.05) is 12.1 Å². The molecule has 0 spiro atoms. The molecule has 0 fully saturated rings. The Morgan fingerprint density at radius 1 is 1.17 bits per heavy atom. The average Bonchev–Trinajstić information content (AvgIpc) is 3.24. The predicted octanol–water partition coefficient (Wildman–Crippen LogP) is 1.77. The van der Waals surface area contributed by atoms with Crippen LogP contribution in [0.15, 0.2) is 44.6 Å². The highest BCUT2D eigenvalue weighted by Gasteiger charge is 2.20. The monoisotopic (exact) mass is 411 g/mol. The van der Waals surface area contributed by atoms with E-state index in [0.717, 1.165) is 5.56 Å². The minimum atomic E-state index is -0.609. The number of aromatic nitrogens is 6. The molecule has 0 saturated carbocycles. The Balaban J connectivity index is 1.61. The van der Waals surface area contributed by atoms with Gasteiger partial charge >= 0.3 is 11.6 Å². The van der Waals surface area contributed by atoms with Crippen molar-refractivity contribution < 1.29 is 4.42 Å². The maximum atomic E-state index is 12.5. The zero-order valence-corrected chi connectivity index (χ0v) is 16.0. The fourth-order valence-electron chi connectivity index (χ4n) is 2.89. The van der Waals surface area contributed by atoms with Crippen LogP contribution in [0, 0.1) is 6.57 Å². The molecule has 0 bridgehead atoms. The molecule has 10 nitrogen and oxygen atoms in total. The largest absolute Gasteiger partial charge is 0.437 e. The molecule has 4 aromatic rings. The van der Waals surface area contributed by atoms with Gasteiger partial charge in [-0.3, -0.25) is 4.79 Å². The molecular formula is C18H14ClN7O3.